The van der Waals surface area contributed by atoms with Crippen LogP contribution in [0.5, 0.6) is 0 Å². The van der Waals surface area contributed by atoms with E-state index in [1.165, 1.54) is 10.6 Å². The van der Waals surface area contributed by atoms with Gasteiger partial charge in [-0.2, -0.15) is 0 Å². The molecule has 5 rings (SSSR count). The fourth-order valence-electron chi connectivity index (χ4n) is 4.03. The fourth-order valence-corrected chi connectivity index (χ4v) is 5.23. The molecule has 0 N–H and O–H groups in total. The molecule has 6 heteroatoms. The molecule has 0 fully saturated rings. The van der Waals surface area contributed by atoms with Crippen molar-refractivity contribution >= 4 is 46.5 Å². The second kappa shape index (κ2) is 8.64. The van der Waals surface area contributed by atoms with E-state index in [4.69, 9.17) is 4.74 Å². The molecule has 1 aliphatic rings. The fraction of sp³-hybridized carbons (Fsp3) is 0.111. The Morgan fingerprint density at radius 2 is 1.76 bits per heavy atom. The van der Waals surface area contributed by atoms with Gasteiger partial charge in [0.25, 0.3) is 0 Å². The Labute approximate surface area is 196 Å². The number of carbonyl (C=O) groups excluding carboxylic acids is 2. The molecule has 0 spiro atoms. The maximum Gasteiger partial charge on any atom is 0.340 e. The molecule has 0 saturated heterocycles. The van der Waals surface area contributed by atoms with Crippen molar-refractivity contribution < 1.29 is 14.3 Å². The molecule has 33 heavy (non-hydrogen) atoms. The summed E-state index contributed by atoms with van der Waals surface area (Å²) < 4.78 is 6.89. The number of anilines is 2. The van der Waals surface area contributed by atoms with E-state index in [0.717, 1.165) is 16.1 Å². The predicted molar refractivity (Wildman–Crippen MR) is 132 cm³/mol. The molecule has 0 radical (unpaired) electrons. The van der Waals surface area contributed by atoms with Crippen LogP contribution in [0, 0.1) is 0 Å². The quantitative estimate of drug-likeness (QED) is 0.203. The highest BCUT2D eigenvalue weighted by Crippen LogP contribution is 2.47. The number of fused-ring (bicyclic) bond motifs is 3. The number of ketones is 1. The molecule has 1 aliphatic heterocycles. The van der Waals surface area contributed by atoms with E-state index < -0.39 is 5.97 Å². The number of aromatic nitrogens is 1. The van der Waals surface area contributed by atoms with Gasteiger partial charge in [-0.3, -0.25) is 4.79 Å². The summed E-state index contributed by atoms with van der Waals surface area (Å²) in [6, 6.07) is 21.6. The molecule has 0 amide bonds. The van der Waals surface area contributed by atoms with Gasteiger partial charge in [0.15, 0.2) is 0 Å². The Balaban J connectivity index is 1.44. The summed E-state index contributed by atoms with van der Waals surface area (Å²) in [5.41, 5.74) is 4.73. The van der Waals surface area contributed by atoms with Crippen molar-refractivity contribution in [1.29, 1.82) is 0 Å². The van der Waals surface area contributed by atoms with Crippen LogP contribution < -0.4 is 4.90 Å². The topological polar surface area (TPSA) is 51.0 Å². The summed E-state index contributed by atoms with van der Waals surface area (Å²) in [6.07, 6.45) is 5.15. The van der Waals surface area contributed by atoms with Crippen molar-refractivity contribution in [2.24, 2.45) is 0 Å². The Morgan fingerprint density at radius 1 is 0.970 bits per heavy atom. The first-order valence-corrected chi connectivity index (χ1v) is 11.5. The van der Waals surface area contributed by atoms with Crippen LogP contribution in [0.1, 0.15) is 33.3 Å². The lowest BCUT2D eigenvalue weighted by Crippen LogP contribution is -2.14. The van der Waals surface area contributed by atoms with Gasteiger partial charge in [0, 0.05) is 23.0 Å². The van der Waals surface area contributed by atoms with Crippen LogP contribution in [-0.4, -0.2) is 29.8 Å². The molecular formula is C27H22N2O3S. The Bertz CT molecular complexity index is 1420. The Morgan fingerprint density at radius 3 is 2.61 bits per heavy atom. The molecule has 4 aromatic rings. The van der Waals surface area contributed by atoms with E-state index in [1.807, 2.05) is 42.5 Å². The van der Waals surface area contributed by atoms with E-state index in [0.29, 0.717) is 16.8 Å². The molecule has 164 valence electrons. The normalized spacial score (nSPS) is 12.6. The summed E-state index contributed by atoms with van der Waals surface area (Å²) in [7, 11) is 2.06. The summed E-state index contributed by atoms with van der Waals surface area (Å²) in [5.74, 6) is -0.611. The molecule has 5 nitrogen and oxygen atoms in total. The number of benzene rings is 2. The van der Waals surface area contributed by atoms with E-state index in [-0.39, 0.29) is 12.4 Å². The number of pyridine rings is 1. The predicted octanol–water partition coefficient (Wildman–Crippen LogP) is 6.24. The van der Waals surface area contributed by atoms with E-state index >= 15 is 0 Å². The van der Waals surface area contributed by atoms with Crippen LogP contribution in [0.25, 0.3) is 11.6 Å². The van der Waals surface area contributed by atoms with Crippen molar-refractivity contribution in [3.8, 4) is 0 Å². The summed E-state index contributed by atoms with van der Waals surface area (Å²) in [6.45, 7) is 2.04. The summed E-state index contributed by atoms with van der Waals surface area (Å²) in [4.78, 5) is 29.9. The number of hydrogen-bond acceptors (Lipinski definition) is 5. The van der Waals surface area contributed by atoms with Crippen molar-refractivity contribution in [1.82, 2.24) is 4.40 Å². The van der Waals surface area contributed by atoms with Crippen LogP contribution >= 0.6 is 11.8 Å². The van der Waals surface area contributed by atoms with Crippen LogP contribution in [0.2, 0.25) is 0 Å². The molecule has 0 saturated carbocycles. The lowest BCUT2D eigenvalue weighted by Gasteiger charge is -2.29. The largest absolute Gasteiger partial charge is 0.462 e. The average molecular weight is 455 g/mol. The van der Waals surface area contributed by atoms with Gasteiger partial charge < -0.3 is 14.0 Å². The standard InChI is InChI=1S/C27H22N2O3S/c1-3-32-27(31)19-17-23(29-15-7-6-8-20(19)29)24(30)14-12-18-11-13-22-26(16-18)33-25-10-5-4-9-21(25)28(22)2/h4-17H,3H2,1-2H3/b14-12+. The smallest absolute Gasteiger partial charge is 0.340 e. The lowest BCUT2D eigenvalue weighted by molar-refractivity contribution is 0.0529. The van der Waals surface area contributed by atoms with Gasteiger partial charge in [-0.25, -0.2) is 4.79 Å². The van der Waals surface area contributed by atoms with Crippen LogP contribution in [0.4, 0.5) is 11.4 Å². The number of rotatable bonds is 5. The zero-order valence-corrected chi connectivity index (χ0v) is 19.1. The maximum atomic E-state index is 13.1. The number of allylic oxidation sites excluding steroid dienone is 1. The third kappa shape index (κ3) is 3.83. The third-order valence-electron chi connectivity index (χ3n) is 5.64. The Kier molecular flexibility index (Phi) is 5.52. The highest BCUT2D eigenvalue weighted by atomic mass is 32.2. The minimum absolute atomic E-state index is 0.181. The summed E-state index contributed by atoms with van der Waals surface area (Å²) >= 11 is 1.73. The molecule has 3 heterocycles. The van der Waals surface area contributed by atoms with Gasteiger partial charge >= 0.3 is 5.97 Å². The van der Waals surface area contributed by atoms with Crippen LogP contribution in [0.3, 0.4) is 0 Å². The first-order valence-electron chi connectivity index (χ1n) is 10.7. The van der Waals surface area contributed by atoms with Gasteiger partial charge in [0.2, 0.25) is 5.78 Å². The van der Waals surface area contributed by atoms with Gasteiger partial charge in [-0.1, -0.05) is 42.1 Å². The molecular weight excluding hydrogens is 432 g/mol. The molecule has 2 aromatic heterocycles. The van der Waals surface area contributed by atoms with E-state index in [2.05, 4.69) is 36.2 Å². The monoisotopic (exact) mass is 454 g/mol. The molecule has 0 aliphatic carbocycles. The van der Waals surface area contributed by atoms with Crippen molar-refractivity contribution in [3.63, 3.8) is 0 Å². The van der Waals surface area contributed by atoms with Gasteiger partial charge in [-0.05, 0) is 61.0 Å². The SMILES string of the molecule is CCOC(=O)c1cc(C(=O)/C=C/c2ccc3c(c2)Sc2ccccc2N3C)n2ccccc12. The van der Waals surface area contributed by atoms with Crippen molar-refractivity contribution in [2.75, 3.05) is 18.6 Å². The average Bonchev–Trinajstić information content (AvgIpc) is 3.23. The van der Waals surface area contributed by atoms with E-state index in [9.17, 15) is 9.59 Å². The zero-order valence-electron chi connectivity index (χ0n) is 18.3. The highest BCUT2D eigenvalue weighted by Gasteiger charge is 2.21. The molecule has 0 atom stereocenters. The number of ether oxygens (including phenoxy) is 1. The number of nitrogens with zero attached hydrogens (tertiary/aromatic N) is 2. The zero-order chi connectivity index (χ0) is 22.9. The number of esters is 1. The molecule has 2 aromatic carbocycles. The van der Waals surface area contributed by atoms with Gasteiger partial charge in [0.1, 0.15) is 0 Å². The third-order valence-corrected chi connectivity index (χ3v) is 6.76. The van der Waals surface area contributed by atoms with Crippen LogP contribution in [0.15, 0.2) is 88.8 Å². The lowest BCUT2D eigenvalue weighted by atomic mass is 10.1. The van der Waals surface area contributed by atoms with Crippen molar-refractivity contribution in [2.45, 2.75) is 16.7 Å². The number of para-hydroxylation sites is 1. The number of carbonyl (C=O) groups is 2. The second-order valence-electron chi connectivity index (χ2n) is 7.67. The minimum Gasteiger partial charge on any atom is -0.462 e. The highest BCUT2D eigenvalue weighted by molar-refractivity contribution is 7.99. The Hall–Kier alpha value is -3.77. The van der Waals surface area contributed by atoms with Crippen LogP contribution in [-0.2, 0) is 4.74 Å². The van der Waals surface area contributed by atoms with Gasteiger partial charge in [-0.15, -0.1) is 0 Å². The van der Waals surface area contributed by atoms with E-state index in [1.54, 1.807) is 41.4 Å². The molecule has 0 bridgehead atoms. The second-order valence-corrected chi connectivity index (χ2v) is 8.76. The first-order chi connectivity index (χ1) is 16.1. The number of hydrogen-bond donors (Lipinski definition) is 0. The maximum absolute atomic E-state index is 13.1. The minimum atomic E-state index is -0.430. The van der Waals surface area contributed by atoms with Crippen molar-refractivity contribution in [3.05, 3.63) is 95.8 Å². The molecule has 0 unspecified atom stereocenters. The summed E-state index contributed by atoms with van der Waals surface area (Å²) in [5, 5.41) is 0. The van der Waals surface area contributed by atoms with Gasteiger partial charge in [0.05, 0.1) is 34.8 Å². The first kappa shape index (κ1) is 21.1.